The van der Waals surface area contributed by atoms with E-state index < -0.39 is 0 Å². The number of nitrogens with zero attached hydrogens (tertiary/aromatic N) is 1. The number of nitrogens with two attached hydrogens (primary N) is 1. The molecular formula is C26H27N3O2. The van der Waals surface area contributed by atoms with Crippen LogP contribution in [0.1, 0.15) is 39.9 Å². The van der Waals surface area contributed by atoms with E-state index in [0.717, 1.165) is 35.2 Å². The van der Waals surface area contributed by atoms with E-state index in [4.69, 9.17) is 5.73 Å². The minimum absolute atomic E-state index is 0.140. The zero-order chi connectivity index (χ0) is 21.6. The van der Waals surface area contributed by atoms with Crippen molar-refractivity contribution in [1.29, 1.82) is 0 Å². The molecular weight excluding hydrogens is 386 g/mol. The van der Waals surface area contributed by atoms with Crippen molar-refractivity contribution in [3.05, 3.63) is 101 Å². The lowest BCUT2D eigenvalue weighted by molar-refractivity contribution is -0.133. The van der Waals surface area contributed by atoms with Gasteiger partial charge in [0.05, 0.1) is 0 Å². The molecule has 0 aromatic heterocycles. The molecule has 0 bridgehead atoms. The number of hydrogen-bond donors (Lipinski definition) is 2. The van der Waals surface area contributed by atoms with Gasteiger partial charge in [0.15, 0.2) is 0 Å². The number of carbonyl (C=O) groups is 2. The topological polar surface area (TPSA) is 75.4 Å². The van der Waals surface area contributed by atoms with E-state index in [1.807, 2.05) is 65.6 Å². The minimum Gasteiger partial charge on any atom is -0.334 e. The average molecular weight is 414 g/mol. The Labute approximate surface area is 182 Å². The van der Waals surface area contributed by atoms with Crippen molar-refractivity contribution in [2.24, 2.45) is 11.7 Å². The molecule has 0 unspecified atom stereocenters. The van der Waals surface area contributed by atoms with Gasteiger partial charge in [-0.15, -0.1) is 0 Å². The summed E-state index contributed by atoms with van der Waals surface area (Å²) in [7, 11) is 0. The lowest BCUT2D eigenvalue weighted by atomic mass is 10.1. The fraction of sp³-hybridized carbons (Fsp3) is 0.231. The molecule has 2 amide bonds. The quantitative estimate of drug-likeness (QED) is 0.577. The van der Waals surface area contributed by atoms with Crippen LogP contribution in [0.5, 0.6) is 0 Å². The summed E-state index contributed by atoms with van der Waals surface area (Å²) in [6.45, 7) is 1.59. The summed E-state index contributed by atoms with van der Waals surface area (Å²) in [4.78, 5) is 27.1. The van der Waals surface area contributed by atoms with Crippen molar-refractivity contribution in [3.8, 4) is 0 Å². The van der Waals surface area contributed by atoms with Gasteiger partial charge in [0.1, 0.15) is 0 Å². The van der Waals surface area contributed by atoms with Crippen LogP contribution in [-0.4, -0.2) is 16.7 Å². The first-order chi connectivity index (χ1) is 15.1. The third-order valence-corrected chi connectivity index (χ3v) is 5.46. The minimum atomic E-state index is -0.140. The molecule has 3 N–H and O–H groups in total. The molecule has 3 aromatic carbocycles. The summed E-state index contributed by atoms with van der Waals surface area (Å²) < 4.78 is 0. The van der Waals surface area contributed by atoms with Crippen LogP contribution in [0.15, 0.2) is 78.9 Å². The van der Waals surface area contributed by atoms with Gasteiger partial charge in [-0.2, -0.15) is 0 Å². The highest BCUT2D eigenvalue weighted by atomic mass is 16.2. The maximum absolute atomic E-state index is 12.9. The largest absolute Gasteiger partial charge is 0.334 e. The van der Waals surface area contributed by atoms with Crippen molar-refractivity contribution in [3.63, 3.8) is 0 Å². The number of rotatable bonds is 8. The Balaban J connectivity index is 1.44. The highest BCUT2D eigenvalue weighted by molar-refractivity contribution is 6.04. The van der Waals surface area contributed by atoms with E-state index in [-0.39, 0.29) is 17.7 Å². The Kier molecular flexibility index (Phi) is 6.43. The van der Waals surface area contributed by atoms with Crippen molar-refractivity contribution in [2.75, 3.05) is 5.32 Å². The Bertz CT molecular complexity index is 1040. The molecule has 1 fully saturated rings. The summed E-state index contributed by atoms with van der Waals surface area (Å²) in [5, 5.41) is 2.91. The fourth-order valence-corrected chi connectivity index (χ4v) is 3.58. The second-order valence-corrected chi connectivity index (χ2v) is 8.01. The molecule has 31 heavy (non-hydrogen) atoms. The van der Waals surface area contributed by atoms with E-state index in [0.29, 0.717) is 25.2 Å². The monoisotopic (exact) mass is 413 g/mol. The molecule has 1 saturated carbocycles. The molecule has 5 heteroatoms. The zero-order valence-electron chi connectivity index (χ0n) is 17.5. The van der Waals surface area contributed by atoms with Crippen molar-refractivity contribution >= 4 is 17.5 Å². The molecule has 0 heterocycles. The van der Waals surface area contributed by atoms with Crippen LogP contribution in [0.3, 0.4) is 0 Å². The van der Waals surface area contributed by atoms with Gasteiger partial charge in [0, 0.05) is 36.8 Å². The van der Waals surface area contributed by atoms with Gasteiger partial charge >= 0.3 is 0 Å². The van der Waals surface area contributed by atoms with E-state index in [2.05, 4.69) is 11.4 Å². The number of hydrogen-bond acceptors (Lipinski definition) is 3. The molecule has 0 aliphatic heterocycles. The van der Waals surface area contributed by atoms with Crippen LogP contribution in [-0.2, 0) is 24.4 Å². The lowest BCUT2D eigenvalue weighted by Crippen LogP contribution is -2.31. The van der Waals surface area contributed by atoms with E-state index in [9.17, 15) is 9.59 Å². The highest BCUT2D eigenvalue weighted by Crippen LogP contribution is 2.32. The smallest absolute Gasteiger partial charge is 0.255 e. The maximum atomic E-state index is 12.9. The second-order valence-electron chi connectivity index (χ2n) is 8.01. The van der Waals surface area contributed by atoms with E-state index in [1.165, 1.54) is 0 Å². The van der Waals surface area contributed by atoms with Crippen LogP contribution >= 0.6 is 0 Å². The molecule has 4 rings (SSSR count). The van der Waals surface area contributed by atoms with Crippen LogP contribution in [0.25, 0.3) is 0 Å². The third kappa shape index (κ3) is 5.58. The van der Waals surface area contributed by atoms with Gasteiger partial charge in [-0.25, -0.2) is 0 Å². The molecule has 5 nitrogen and oxygen atoms in total. The normalized spacial score (nSPS) is 12.9. The predicted octanol–water partition coefficient (Wildman–Crippen LogP) is 4.34. The maximum Gasteiger partial charge on any atom is 0.255 e. The first kappa shape index (κ1) is 20.8. The SMILES string of the molecule is NCc1cccc(CN(Cc2ccc(NC(=O)c3ccccc3)cc2)C(=O)C2CC2)c1. The number of anilines is 1. The summed E-state index contributed by atoms with van der Waals surface area (Å²) in [5.74, 6) is 0.223. The first-order valence-electron chi connectivity index (χ1n) is 10.6. The second kappa shape index (κ2) is 9.58. The number of carbonyl (C=O) groups excluding carboxylic acids is 2. The third-order valence-electron chi connectivity index (χ3n) is 5.46. The summed E-state index contributed by atoms with van der Waals surface area (Å²) >= 11 is 0. The zero-order valence-corrected chi connectivity index (χ0v) is 17.5. The Morgan fingerprint density at radius 3 is 2.19 bits per heavy atom. The molecule has 1 aliphatic rings. The first-order valence-corrected chi connectivity index (χ1v) is 10.6. The van der Waals surface area contributed by atoms with Gasteiger partial charge in [-0.3, -0.25) is 9.59 Å². The Morgan fingerprint density at radius 1 is 0.839 bits per heavy atom. The van der Waals surface area contributed by atoms with Gasteiger partial charge in [-0.05, 0) is 53.8 Å². The number of amides is 2. The predicted molar refractivity (Wildman–Crippen MR) is 122 cm³/mol. The molecule has 1 aliphatic carbocycles. The Morgan fingerprint density at radius 2 is 1.52 bits per heavy atom. The van der Waals surface area contributed by atoms with Crippen LogP contribution in [0, 0.1) is 5.92 Å². The molecule has 0 radical (unpaired) electrons. The highest BCUT2D eigenvalue weighted by Gasteiger charge is 2.33. The van der Waals surface area contributed by atoms with E-state index in [1.54, 1.807) is 12.1 Å². The van der Waals surface area contributed by atoms with Gasteiger partial charge < -0.3 is 16.0 Å². The molecule has 0 saturated heterocycles. The molecule has 0 atom stereocenters. The lowest BCUT2D eigenvalue weighted by Gasteiger charge is -2.23. The number of benzene rings is 3. The fourth-order valence-electron chi connectivity index (χ4n) is 3.58. The standard InChI is InChI=1S/C26H27N3O2/c27-16-20-5-4-6-21(15-20)18-29(26(31)23-11-12-23)17-19-9-13-24(14-10-19)28-25(30)22-7-2-1-3-8-22/h1-10,13-15,23H,11-12,16-18,27H2,(H,28,30). The number of nitrogens with one attached hydrogen (secondary N) is 1. The molecule has 3 aromatic rings. The molecule has 158 valence electrons. The van der Waals surface area contributed by atoms with Crippen LogP contribution in [0.2, 0.25) is 0 Å². The van der Waals surface area contributed by atoms with Gasteiger partial charge in [-0.1, -0.05) is 54.6 Å². The van der Waals surface area contributed by atoms with Crippen molar-refractivity contribution in [2.45, 2.75) is 32.5 Å². The summed E-state index contributed by atoms with van der Waals surface area (Å²) in [6, 6.07) is 24.9. The average Bonchev–Trinajstić information content (AvgIpc) is 3.65. The van der Waals surface area contributed by atoms with Crippen LogP contribution < -0.4 is 11.1 Å². The van der Waals surface area contributed by atoms with Crippen molar-refractivity contribution < 1.29 is 9.59 Å². The van der Waals surface area contributed by atoms with Crippen LogP contribution in [0.4, 0.5) is 5.69 Å². The summed E-state index contributed by atoms with van der Waals surface area (Å²) in [6.07, 6.45) is 1.95. The van der Waals surface area contributed by atoms with Crippen molar-refractivity contribution in [1.82, 2.24) is 4.90 Å². The summed E-state index contributed by atoms with van der Waals surface area (Å²) in [5.41, 5.74) is 10.3. The van der Waals surface area contributed by atoms with E-state index >= 15 is 0 Å². The Hall–Kier alpha value is -3.44. The molecule has 0 spiro atoms. The van der Waals surface area contributed by atoms with Gasteiger partial charge in [0.25, 0.3) is 5.91 Å². The van der Waals surface area contributed by atoms with Gasteiger partial charge in [0.2, 0.25) is 5.91 Å².